The number of carboxylic acid groups (broad SMARTS) is 1. The Labute approximate surface area is 141 Å². The second-order valence-corrected chi connectivity index (χ2v) is 8.62. The third-order valence-electron chi connectivity index (χ3n) is 4.93. The van der Waals surface area contributed by atoms with E-state index in [-0.39, 0.29) is 30.0 Å². The molecule has 0 spiro atoms. The molecule has 0 aromatic rings. The van der Waals surface area contributed by atoms with Gasteiger partial charge in [0, 0.05) is 38.8 Å². The van der Waals surface area contributed by atoms with Gasteiger partial charge in [-0.05, 0) is 0 Å². The van der Waals surface area contributed by atoms with Crippen LogP contribution in [-0.2, 0) is 19.4 Å². The number of ether oxygens (including phenoxy) is 1. The minimum absolute atomic E-state index is 0.00975. The van der Waals surface area contributed by atoms with Crippen LogP contribution < -0.4 is 0 Å². The van der Waals surface area contributed by atoms with Gasteiger partial charge in [-0.25, -0.2) is 13.2 Å². The van der Waals surface area contributed by atoms with Gasteiger partial charge in [-0.15, -0.1) is 0 Å². The molecule has 1 N–H and O–H groups in total. The number of carbonyl (C=O) groups excluding carboxylic acids is 1. The molecule has 3 aliphatic rings. The molecule has 0 aliphatic carbocycles. The highest BCUT2D eigenvalue weighted by atomic mass is 32.2. The molecule has 24 heavy (non-hydrogen) atoms. The van der Waals surface area contributed by atoms with Gasteiger partial charge in [-0.2, -0.15) is 0 Å². The second kappa shape index (κ2) is 6.85. The molecule has 3 aliphatic heterocycles. The van der Waals surface area contributed by atoms with Crippen LogP contribution in [0.5, 0.6) is 0 Å². The van der Waals surface area contributed by atoms with E-state index in [1.807, 2.05) is 4.90 Å². The maximum absolute atomic E-state index is 12.8. The lowest BCUT2D eigenvalue weighted by molar-refractivity contribution is -0.137. The fraction of sp³-hybridized carbons (Fsp3) is 0.857. The molecular weight excluding hydrogens is 338 g/mol. The Morgan fingerprint density at radius 2 is 1.71 bits per heavy atom. The van der Waals surface area contributed by atoms with Crippen LogP contribution in [0.25, 0.3) is 0 Å². The fourth-order valence-corrected chi connectivity index (χ4v) is 5.73. The zero-order valence-corrected chi connectivity index (χ0v) is 14.3. The van der Waals surface area contributed by atoms with Crippen LogP contribution in [0.4, 0.5) is 4.79 Å². The van der Waals surface area contributed by atoms with E-state index in [0.29, 0.717) is 45.9 Å². The summed E-state index contributed by atoms with van der Waals surface area (Å²) >= 11 is 0. The van der Waals surface area contributed by atoms with E-state index in [0.717, 1.165) is 0 Å². The molecule has 3 saturated heterocycles. The molecule has 0 saturated carbocycles. The molecule has 3 heterocycles. The highest BCUT2D eigenvalue weighted by molar-refractivity contribution is 7.91. The topological polar surface area (TPSA) is 107 Å². The molecule has 136 valence electrons. The highest BCUT2D eigenvalue weighted by Gasteiger charge is 2.48. The fourth-order valence-electron chi connectivity index (χ4n) is 3.72. The van der Waals surface area contributed by atoms with Crippen molar-refractivity contribution in [3.63, 3.8) is 0 Å². The van der Waals surface area contributed by atoms with Crippen molar-refractivity contribution < 1.29 is 27.9 Å². The third-order valence-corrected chi connectivity index (χ3v) is 6.63. The van der Waals surface area contributed by atoms with Gasteiger partial charge >= 0.3 is 12.0 Å². The zero-order valence-electron chi connectivity index (χ0n) is 13.5. The van der Waals surface area contributed by atoms with E-state index in [9.17, 15) is 18.0 Å². The van der Waals surface area contributed by atoms with Crippen molar-refractivity contribution in [2.45, 2.75) is 18.5 Å². The smallest absolute Gasteiger partial charge is 0.320 e. The number of morpholine rings is 1. The number of urea groups is 1. The summed E-state index contributed by atoms with van der Waals surface area (Å²) < 4.78 is 29.5. The molecule has 3 rings (SSSR count). The number of hydrogen-bond donors (Lipinski definition) is 1. The van der Waals surface area contributed by atoms with Crippen molar-refractivity contribution in [3.8, 4) is 0 Å². The molecule has 9 nitrogen and oxygen atoms in total. The monoisotopic (exact) mass is 361 g/mol. The number of amides is 2. The van der Waals surface area contributed by atoms with E-state index in [1.54, 1.807) is 9.80 Å². The first-order valence-corrected chi connectivity index (χ1v) is 9.99. The largest absolute Gasteiger partial charge is 0.481 e. The summed E-state index contributed by atoms with van der Waals surface area (Å²) in [6.45, 7) is 3.26. The summed E-state index contributed by atoms with van der Waals surface area (Å²) in [5.74, 6) is -0.958. The summed E-state index contributed by atoms with van der Waals surface area (Å²) in [5, 5.41) is 8.87. The number of aliphatic carboxylic acids is 1. The normalized spacial score (nSPS) is 30.2. The Balaban J connectivity index is 1.73. The van der Waals surface area contributed by atoms with E-state index >= 15 is 0 Å². The van der Waals surface area contributed by atoms with Crippen LogP contribution in [0.3, 0.4) is 0 Å². The lowest BCUT2D eigenvalue weighted by Gasteiger charge is -2.45. The van der Waals surface area contributed by atoms with Crippen molar-refractivity contribution in [2.24, 2.45) is 0 Å². The van der Waals surface area contributed by atoms with Crippen LogP contribution in [0.2, 0.25) is 0 Å². The molecule has 0 radical (unpaired) electrons. The zero-order chi connectivity index (χ0) is 17.3. The van der Waals surface area contributed by atoms with Crippen molar-refractivity contribution in [1.29, 1.82) is 0 Å². The first-order valence-electron chi connectivity index (χ1n) is 8.17. The van der Waals surface area contributed by atoms with Crippen LogP contribution in [-0.4, -0.2) is 110 Å². The molecule has 10 heteroatoms. The van der Waals surface area contributed by atoms with E-state index in [1.165, 1.54) is 0 Å². The average Bonchev–Trinajstić information content (AvgIpc) is 2.87. The first-order chi connectivity index (χ1) is 11.4. The van der Waals surface area contributed by atoms with Crippen molar-refractivity contribution in [1.82, 2.24) is 14.7 Å². The standard InChI is InChI=1S/C14H23N3O6S/c18-13(19)1-2-15-3-4-17(12-10-24(21,22)9-11(12)15)14(20)16-5-7-23-8-6-16/h11-12H,1-10H2,(H,18,19)/t11-,12+/m1/s1. The van der Waals surface area contributed by atoms with Crippen LogP contribution in [0.1, 0.15) is 6.42 Å². The minimum Gasteiger partial charge on any atom is -0.481 e. The van der Waals surface area contributed by atoms with Crippen molar-refractivity contribution in [2.75, 3.05) is 57.4 Å². The molecule has 2 atom stereocenters. The van der Waals surface area contributed by atoms with Crippen LogP contribution >= 0.6 is 0 Å². The van der Waals surface area contributed by atoms with Gasteiger partial charge in [0.2, 0.25) is 0 Å². The summed E-state index contributed by atoms with van der Waals surface area (Å²) in [5.41, 5.74) is 0. The summed E-state index contributed by atoms with van der Waals surface area (Å²) in [6, 6.07) is -0.843. The minimum atomic E-state index is -3.22. The summed E-state index contributed by atoms with van der Waals surface area (Å²) in [4.78, 5) is 28.9. The lowest BCUT2D eigenvalue weighted by atomic mass is 10.0. The molecule has 0 aromatic carbocycles. The highest BCUT2D eigenvalue weighted by Crippen LogP contribution is 2.28. The number of fused-ring (bicyclic) bond motifs is 1. The molecular formula is C14H23N3O6S. The third kappa shape index (κ3) is 3.65. The summed E-state index contributed by atoms with van der Waals surface area (Å²) in [7, 11) is -3.22. The SMILES string of the molecule is O=C(O)CCN1CCN(C(=O)N2CCOCC2)[C@H]2CS(=O)(=O)C[C@H]21. The quantitative estimate of drug-likeness (QED) is 0.665. The molecule has 3 fully saturated rings. The Morgan fingerprint density at radius 1 is 1.04 bits per heavy atom. The van der Waals surface area contributed by atoms with Gasteiger partial charge in [0.15, 0.2) is 9.84 Å². The van der Waals surface area contributed by atoms with Crippen molar-refractivity contribution >= 4 is 21.8 Å². The average molecular weight is 361 g/mol. The van der Waals surface area contributed by atoms with Gasteiger partial charge in [-0.1, -0.05) is 0 Å². The lowest BCUT2D eigenvalue weighted by Crippen LogP contribution is -2.63. The van der Waals surface area contributed by atoms with Gasteiger partial charge in [-0.3, -0.25) is 9.69 Å². The van der Waals surface area contributed by atoms with E-state index < -0.39 is 21.8 Å². The van der Waals surface area contributed by atoms with E-state index in [4.69, 9.17) is 9.84 Å². The number of piperazine rings is 1. The summed E-state index contributed by atoms with van der Waals surface area (Å²) in [6.07, 6.45) is -0.0271. The number of carbonyl (C=O) groups is 2. The molecule has 0 aromatic heterocycles. The molecule has 0 unspecified atom stereocenters. The Hall–Kier alpha value is -1.39. The van der Waals surface area contributed by atoms with Gasteiger partial charge < -0.3 is 19.6 Å². The number of rotatable bonds is 3. The number of sulfone groups is 1. The molecule has 2 amide bonds. The number of hydrogen-bond acceptors (Lipinski definition) is 6. The Bertz CT molecular complexity index is 604. The predicted molar refractivity (Wildman–Crippen MR) is 84.5 cm³/mol. The predicted octanol–water partition coefficient (Wildman–Crippen LogP) is -1.30. The number of nitrogens with zero attached hydrogens (tertiary/aromatic N) is 3. The van der Waals surface area contributed by atoms with Crippen LogP contribution in [0, 0.1) is 0 Å². The van der Waals surface area contributed by atoms with E-state index in [2.05, 4.69) is 0 Å². The van der Waals surface area contributed by atoms with Gasteiger partial charge in [0.25, 0.3) is 0 Å². The van der Waals surface area contributed by atoms with Crippen LogP contribution in [0.15, 0.2) is 0 Å². The number of carboxylic acids is 1. The Morgan fingerprint density at radius 3 is 2.38 bits per heavy atom. The van der Waals surface area contributed by atoms with Gasteiger partial charge in [0.1, 0.15) is 0 Å². The first kappa shape index (κ1) is 17.4. The Kier molecular flexibility index (Phi) is 4.97. The van der Waals surface area contributed by atoms with Gasteiger partial charge in [0.05, 0.1) is 37.2 Å². The second-order valence-electron chi connectivity index (χ2n) is 6.47. The van der Waals surface area contributed by atoms with Crippen molar-refractivity contribution in [3.05, 3.63) is 0 Å². The maximum Gasteiger partial charge on any atom is 0.320 e. The maximum atomic E-state index is 12.8. The molecule has 0 bridgehead atoms.